The average molecular weight is 335 g/mol. The van der Waals surface area contributed by atoms with Crippen LogP contribution in [0.1, 0.15) is 16.7 Å². The highest BCUT2D eigenvalue weighted by molar-refractivity contribution is 7.89. The smallest absolute Gasteiger partial charge is 0.240 e. The van der Waals surface area contributed by atoms with Crippen molar-refractivity contribution in [3.8, 4) is 11.5 Å². The summed E-state index contributed by atoms with van der Waals surface area (Å²) >= 11 is 0. The Hall–Kier alpha value is -2.05. The van der Waals surface area contributed by atoms with E-state index in [0.717, 1.165) is 22.4 Å². The van der Waals surface area contributed by atoms with Gasteiger partial charge in [0, 0.05) is 6.54 Å². The molecular weight excluding hydrogens is 314 g/mol. The Morgan fingerprint density at radius 2 is 1.52 bits per heavy atom. The standard InChI is InChI=1S/C17H21NO4S/c1-12-9-14(10-13(2)17(12)22-4)11-18-23(19,20)16-7-5-15(21-3)6-8-16/h5-10,18H,11H2,1-4H3. The monoisotopic (exact) mass is 335 g/mol. The molecule has 1 N–H and O–H groups in total. The molecule has 124 valence electrons. The molecule has 0 saturated heterocycles. The van der Waals surface area contributed by atoms with E-state index in [1.807, 2.05) is 26.0 Å². The van der Waals surface area contributed by atoms with Crippen molar-refractivity contribution in [3.05, 3.63) is 53.1 Å². The molecule has 6 heteroatoms. The van der Waals surface area contributed by atoms with Crippen LogP contribution in [0.2, 0.25) is 0 Å². The highest BCUT2D eigenvalue weighted by Gasteiger charge is 2.14. The van der Waals surface area contributed by atoms with Crippen molar-refractivity contribution >= 4 is 10.0 Å². The van der Waals surface area contributed by atoms with E-state index in [1.54, 1.807) is 19.2 Å². The third kappa shape index (κ3) is 4.03. The molecule has 0 heterocycles. The first-order valence-electron chi connectivity index (χ1n) is 7.15. The van der Waals surface area contributed by atoms with E-state index in [-0.39, 0.29) is 11.4 Å². The third-order valence-corrected chi connectivity index (χ3v) is 4.98. The van der Waals surface area contributed by atoms with Gasteiger partial charge in [-0.2, -0.15) is 0 Å². The summed E-state index contributed by atoms with van der Waals surface area (Å²) in [5, 5.41) is 0. The first-order chi connectivity index (χ1) is 10.9. The van der Waals surface area contributed by atoms with Gasteiger partial charge in [-0.3, -0.25) is 0 Å². The van der Waals surface area contributed by atoms with Gasteiger partial charge in [-0.05, 0) is 54.8 Å². The molecule has 23 heavy (non-hydrogen) atoms. The summed E-state index contributed by atoms with van der Waals surface area (Å²) in [5.41, 5.74) is 2.84. The molecule has 2 rings (SSSR count). The van der Waals surface area contributed by atoms with Crippen LogP contribution in [0, 0.1) is 13.8 Å². The van der Waals surface area contributed by atoms with E-state index in [9.17, 15) is 8.42 Å². The summed E-state index contributed by atoms with van der Waals surface area (Å²) < 4.78 is 37.6. The predicted octanol–water partition coefficient (Wildman–Crippen LogP) is 2.80. The number of nitrogens with one attached hydrogen (secondary N) is 1. The van der Waals surface area contributed by atoms with Crippen LogP contribution < -0.4 is 14.2 Å². The molecule has 0 aliphatic rings. The van der Waals surface area contributed by atoms with Crippen molar-refractivity contribution in [1.82, 2.24) is 4.72 Å². The Bertz CT molecular complexity index is 760. The molecule has 0 aliphatic heterocycles. The minimum atomic E-state index is -3.56. The summed E-state index contributed by atoms with van der Waals surface area (Å²) in [5.74, 6) is 1.44. The van der Waals surface area contributed by atoms with Crippen LogP contribution in [0.3, 0.4) is 0 Å². The summed E-state index contributed by atoms with van der Waals surface area (Å²) in [6, 6.07) is 10.1. The molecule has 0 spiro atoms. The fourth-order valence-corrected chi connectivity index (χ4v) is 3.50. The molecule has 5 nitrogen and oxygen atoms in total. The summed E-state index contributed by atoms with van der Waals surface area (Å²) in [6.07, 6.45) is 0. The minimum Gasteiger partial charge on any atom is -0.497 e. The van der Waals surface area contributed by atoms with Gasteiger partial charge in [-0.1, -0.05) is 12.1 Å². The second kappa shape index (κ2) is 7.02. The first-order valence-corrected chi connectivity index (χ1v) is 8.63. The van der Waals surface area contributed by atoms with Crippen LogP contribution in [0.25, 0.3) is 0 Å². The maximum Gasteiger partial charge on any atom is 0.240 e. The Morgan fingerprint density at radius 3 is 2.00 bits per heavy atom. The Morgan fingerprint density at radius 1 is 0.957 bits per heavy atom. The lowest BCUT2D eigenvalue weighted by Gasteiger charge is -2.12. The fraction of sp³-hybridized carbons (Fsp3) is 0.294. The molecule has 2 aromatic carbocycles. The molecule has 0 radical (unpaired) electrons. The van der Waals surface area contributed by atoms with Gasteiger partial charge < -0.3 is 9.47 Å². The summed E-state index contributed by atoms with van der Waals surface area (Å²) in [7, 11) is -0.397. The van der Waals surface area contributed by atoms with Gasteiger partial charge in [0.15, 0.2) is 0 Å². The van der Waals surface area contributed by atoms with E-state index in [2.05, 4.69) is 4.72 Å². The molecule has 0 fully saturated rings. The number of aryl methyl sites for hydroxylation is 2. The van der Waals surface area contributed by atoms with E-state index in [0.29, 0.717) is 5.75 Å². The van der Waals surface area contributed by atoms with Crippen LogP contribution in [0.4, 0.5) is 0 Å². The number of ether oxygens (including phenoxy) is 2. The van der Waals surface area contributed by atoms with Gasteiger partial charge in [-0.25, -0.2) is 13.1 Å². The van der Waals surface area contributed by atoms with Crippen molar-refractivity contribution in [3.63, 3.8) is 0 Å². The van der Waals surface area contributed by atoms with Gasteiger partial charge in [0.1, 0.15) is 11.5 Å². The highest BCUT2D eigenvalue weighted by atomic mass is 32.2. The molecule has 0 aromatic heterocycles. The molecular formula is C17H21NO4S. The third-order valence-electron chi connectivity index (χ3n) is 3.56. The first kappa shape index (κ1) is 17.3. The molecule has 2 aromatic rings. The van der Waals surface area contributed by atoms with Gasteiger partial charge in [0.2, 0.25) is 10.0 Å². The SMILES string of the molecule is COc1ccc(S(=O)(=O)NCc2cc(C)c(OC)c(C)c2)cc1. The van der Waals surface area contributed by atoms with Crippen LogP contribution in [-0.4, -0.2) is 22.6 Å². The second-order valence-corrected chi connectivity index (χ2v) is 7.03. The van der Waals surface area contributed by atoms with E-state index in [1.165, 1.54) is 19.2 Å². The summed E-state index contributed by atoms with van der Waals surface area (Å²) in [4.78, 5) is 0.209. The lowest BCUT2D eigenvalue weighted by atomic mass is 10.1. The molecule has 0 saturated carbocycles. The normalized spacial score (nSPS) is 11.3. The number of hydrogen-bond acceptors (Lipinski definition) is 4. The van der Waals surface area contributed by atoms with Crippen LogP contribution in [0.5, 0.6) is 11.5 Å². The van der Waals surface area contributed by atoms with Crippen molar-refractivity contribution in [2.75, 3.05) is 14.2 Å². The quantitative estimate of drug-likeness (QED) is 0.882. The zero-order chi connectivity index (χ0) is 17.0. The van der Waals surface area contributed by atoms with E-state index in [4.69, 9.17) is 9.47 Å². The van der Waals surface area contributed by atoms with Crippen molar-refractivity contribution < 1.29 is 17.9 Å². The largest absolute Gasteiger partial charge is 0.497 e. The predicted molar refractivity (Wildman–Crippen MR) is 89.5 cm³/mol. The van der Waals surface area contributed by atoms with Crippen LogP contribution in [-0.2, 0) is 16.6 Å². The zero-order valence-corrected chi connectivity index (χ0v) is 14.5. The zero-order valence-electron chi connectivity index (χ0n) is 13.7. The van der Waals surface area contributed by atoms with Gasteiger partial charge in [-0.15, -0.1) is 0 Å². The lowest BCUT2D eigenvalue weighted by molar-refractivity contribution is 0.408. The average Bonchev–Trinajstić information content (AvgIpc) is 2.53. The molecule has 0 atom stereocenters. The highest BCUT2D eigenvalue weighted by Crippen LogP contribution is 2.24. The van der Waals surface area contributed by atoms with Gasteiger partial charge in [0.05, 0.1) is 19.1 Å². The Labute approximate surface area is 137 Å². The molecule has 0 amide bonds. The maximum atomic E-state index is 12.3. The number of rotatable bonds is 6. The van der Waals surface area contributed by atoms with Crippen molar-refractivity contribution in [2.24, 2.45) is 0 Å². The number of hydrogen-bond donors (Lipinski definition) is 1. The van der Waals surface area contributed by atoms with Crippen LogP contribution in [0.15, 0.2) is 41.3 Å². The maximum absolute atomic E-state index is 12.3. The van der Waals surface area contributed by atoms with Crippen LogP contribution >= 0.6 is 0 Å². The Balaban J connectivity index is 2.15. The number of methoxy groups -OCH3 is 2. The molecule has 0 bridgehead atoms. The summed E-state index contributed by atoms with van der Waals surface area (Å²) in [6.45, 7) is 4.10. The number of sulfonamides is 1. The van der Waals surface area contributed by atoms with Crippen molar-refractivity contribution in [2.45, 2.75) is 25.3 Å². The van der Waals surface area contributed by atoms with E-state index >= 15 is 0 Å². The Kier molecular flexibility index (Phi) is 5.28. The van der Waals surface area contributed by atoms with Crippen molar-refractivity contribution in [1.29, 1.82) is 0 Å². The molecule has 0 unspecified atom stereocenters. The van der Waals surface area contributed by atoms with E-state index < -0.39 is 10.0 Å². The van der Waals surface area contributed by atoms with Gasteiger partial charge >= 0.3 is 0 Å². The molecule has 0 aliphatic carbocycles. The second-order valence-electron chi connectivity index (χ2n) is 5.26. The van der Waals surface area contributed by atoms with Gasteiger partial charge in [0.25, 0.3) is 0 Å². The lowest BCUT2D eigenvalue weighted by Crippen LogP contribution is -2.23. The fourth-order valence-electron chi connectivity index (χ4n) is 2.48. The number of benzene rings is 2. The minimum absolute atomic E-state index is 0.209. The topological polar surface area (TPSA) is 64.6 Å².